The van der Waals surface area contributed by atoms with E-state index in [9.17, 15) is 0 Å². The molecule has 1 N–H and O–H groups in total. The third-order valence-corrected chi connectivity index (χ3v) is 3.98. The van der Waals surface area contributed by atoms with Gasteiger partial charge in [-0.25, -0.2) is 0 Å². The van der Waals surface area contributed by atoms with Gasteiger partial charge in [-0.05, 0) is 42.9 Å². The monoisotopic (exact) mass is 275 g/mol. The molecule has 1 rings (SSSR count). The normalized spacial score (nSPS) is 12.8. The van der Waals surface area contributed by atoms with Gasteiger partial charge in [-0.15, -0.1) is 0 Å². The van der Waals surface area contributed by atoms with Gasteiger partial charge in [0.05, 0.1) is 0 Å². The number of unbranched alkanes of at least 4 members (excludes halogenated alkanes) is 3. The van der Waals surface area contributed by atoms with Crippen molar-refractivity contribution in [2.24, 2.45) is 5.92 Å². The maximum absolute atomic E-state index is 3.65. The van der Waals surface area contributed by atoms with Crippen LogP contribution >= 0.6 is 0 Å². The molecule has 0 bridgehead atoms. The SMILES string of the molecule is CCCCCCC(CNCC(C)C)c1ccccc1C. The fourth-order valence-corrected chi connectivity index (χ4v) is 2.78. The summed E-state index contributed by atoms with van der Waals surface area (Å²) >= 11 is 0. The lowest BCUT2D eigenvalue weighted by molar-refractivity contribution is 0.482. The summed E-state index contributed by atoms with van der Waals surface area (Å²) in [6, 6.07) is 8.89. The fraction of sp³-hybridized carbons (Fsp3) is 0.684. The van der Waals surface area contributed by atoms with Crippen molar-refractivity contribution < 1.29 is 0 Å². The smallest absolute Gasteiger partial charge is 0.00203 e. The second-order valence-corrected chi connectivity index (χ2v) is 6.45. The Morgan fingerprint density at radius 2 is 1.75 bits per heavy atom. The van der Waals surface area contributed by atoms with Crippen LogP contribution in [0, 0.1) is 12.8 Å². The summed E-state index contributed by atoms with van der Waals surface area (Å²) in [6.07, 6.45) is 6.75. The minimum atomic E-state index is 0.673. The van der Waals surface area contributed by atoms with E-state index in [1.54, 1.807) is 5.56 Å². The zero-order valence-corrected chi connectivity index (χ0v) is 13.9. The van der Waals surface area contributed by atoms with Crippen molar-refractivity contribution in [3.05, 3.63) is 35.4 Å². The number of nitrogens with one attached hydrogen (secondary N) is 1. The molecule has 1 heteroatoms. The van der Waals surface area contributed by atoms with Crippen molar-refractivity contribution in [3.63, 3.8) is 0 Å². The maximum atomic E-state index is 3.65. The maximum Gasteiger partial charge on any atom is 0.00203 e. The number of rotatable bonds is 10. The molecule has 20 heavy (non-hydrogen) atoms. The first-order valence-corrected chi connectivity index (χ1v) is 8.41. The summed E-state index contributed by atoms with van der Waals surface area (Å²) in [7, 11) is 0. The van der Waals surface area contributed by atoms with Crippen molar-refractivity contribution in [2.45, 2.75) is 65.7 Å². The predicted octanol–water partition coefficient (Wildman–Crippen LogP) is 5.29. The molecule has 0 aromatic heterocycles. The van der Waals surface area contributed by atoms with Crippen LogP contribution in [0.4, 0.5) is 0 Å². The topological polar surface area (TPSA) is 12.0 Å². The van der Waals surface area contributed by atoms with Gasteiger partial charge < -0.3 is 5.32 Å². The van der Waals surface area contributed by atoms with E-state index in [0.717, 1.165) is 19.0 Å². The number of hydrogen-bond acceptors (Lipinski definition) is 1. The van der Waals surface area contributed by atoms with Gasteiger partial charge in [0.15, 0.2) is 0 Å². The van der Waals surface area contributed by atoms with Crippen LogP contribution in [0.25, 0.3) is 0 Å². The highest BCUT2D eigenvalue weighted by atomic mass is 14.9. The largest absolute Gasteiger partial charge is 0.316 e. The molecular formula is C19H33N. The molecule has 1 atom stereocenters. The third kappa shape index (κ3) is 6.56. The van der Waals surface area contributed by atoms with Crippen molar-refractivity contribution in [3.8, 4) is 0 Å². The Morgan fingerprint density at radius 3 is 2.40 bits per heavy atom. The molecule has 0 amide bonds. The zero-order chi connectivity index (χ0) is 14.8. The Kier molecular flexibility index (Phi) is 8.60. The highest BCUT2D eigenvalue weighted by molar-refractivity contribution is 5.29. The standard InChI is InChI=1S/C19H33N/c1-5-6-7-8-12-18(15-20-14-16(2)3)19-13-10-9-11-17(19)4/h9-11,13,16,18,20H,5-8,12,14-15H2,1-4H3. The molecular weight excluding hydrogens is 242 g/mol. The Hall–Kier alpha value is -0.820. The van der Waals surface area contributed by atoms with Crippen molar-refractivity contribution in [1.29, 1.82) is 0 Å². The van der Waals surface area contributed by atoms with Crippen LogP contribution in [0.1, 0.15) is 69.9 Å². The van der Waals surface area contributed by atoms with Crippen molar-refractivity contribution >= 4 is 0 Å². The summed E-state index contributed by atoms with van der Waals surface area (Å²) in [4.78, 5) is 0. The van der Waals surface area contributed by atoms with Gasteiger partial charge in [0.25, 0.3) is 0 Å². The van der Waals surface area contributed by atoms with Gasteiger partial charge >= 0.3 is 0 Å². The molecule has 0 saturated heterocycles. The molecule has 0 aliphatic heterocycles. The first-order chi connectivity index (χ1) is 9.65. The Morgan fingerprint density at radius 1 is 1.00 bits per heavy atom. The van der Waals surface area contributed by atoms with Gasteiger partial charge in [0.2, 0.25) is 0 Å². The molecule has 0 heterocycles. The van der Waals surface area contributed by atoms with E-state index in [1.165, 1.54) is 37.7 Å². The van der Waals surface area contributed by atoms with Crippen molar-refractivity contribution in [1.82, 2.24) is 5.32 Å². The summed E-state index contributed by atoms with van der Waals surface area (Å²) in [5, 5.41) is 3.65. The quantitative estimate of drug-likeness (QED) is 0.572. The molecule has 1 aromatic carbocycles. The van der Waals surface area contributed by atoms with Crippen LogP contribution in [0.5, 0.6) is 0 Å². The molecule has 1 aromatic rings. The first-order valence-electron chi connectivity index (χ1n) is 8.41. The van der Waals surface area contributed by atoms with E-state index in [0.29, 0.717) is 5.92 Å². The van der Waals surface area contributed by atoms with E-state index in [-0.39, 0.29) is 0 Å². The lowest BCUT2D eigenvalue weighted by atomic mass is 9.90. The number of hydrogen-bond donors (Lipinski definition) is 1. The molecule has 0 saturated carbocycles. The minimum Gasteiger partial charge on any atom is -0.316 e. The van der Waals surface area contributed by atoms with Gasteiger partial charge in [0.1, 0.15) is 0 Å². The third-order valence-electron chi connectivity index (χ3n) is 3.98. The van der Waals surface area contributed by atoms with Crippen LogP contribution in [-0.2, 0) is 0 Å². The molecule has 0 spiro atoms. The highest BCUT2D eigenvalue weighted by Gasteiger charge is 2.13. The molecule has 1 nitrogen and oxygen atoms in total. The lowest BCUT2D eigenvalue weighted by Gasteiger charge is -2.21. The average molecular weight is 275 g/mol. The van der Waals surface area contributed by atoms with Crippen molar-refractivity contribution in [2.75, 3.05) is 13.1 Å². The minimum absolute atomic E-state index is 0.673. The van der Waals surface area contributed by atoms with Crippen LogP contribution in [-0.4, -0.2) is 13.1 Å². The Balaban J connectivity index is 2.56. The number of aryl methyl sites for hydroxylation is 1. The van der Waals surface area contributed by atoms with Gasteiger partial charge in [0, 0.05) is 6.54 Å². The molecule has 0 radical (unpaired) electrons. The lowest BCUT2D eigenvalue weighted by Crippen LogP contribution is -2.25. The summed E-state index contributed by atoms with van der Waals surface area (Å²) < 4.78 is 0. The molecule has 114 valence electrons. The van der Waals surface area contributed by atoms with E-state index < -0.39 is 0 Å². The van der Waals surface area contributed by atoms with E-state index in [2.05, 4.69) is 57.3 Å². The summed E-state index contributed by atoms with van der Waals surface area (Å²) in [6.45, 7) is 11.3. The van der Waals surface area contributed by atoms with Gasteiger partial charge in [-0.2, -0.15) is 0 Å². The van der Waals surface area contributed by atoms with E-state index in [4.69, 9.17) is 0 Å². The van der Waals surface area contributed by atoms with Crippen LogP contribution in [0.2, 0.25) is 0 Å². The first kappa shape index (κ1) is 17.2. The second kappa shape index (κ2) is 9.99. The average Bonchev–Trinajstić information content (AvgIpc) is 2.42. The zero-order valence-electron chi connectivity index (χ0n) is 13.9. The molecule has 0 aliphatic carbocycles. The summed E-state index contributed by atoms with van der Waals surface area (Å²) in [5.74, 6) is 1.40. The molecule has 0 fully saturated rings. The molecule has 0 aliphatic rings. The van der Waals surface area contributed by atoms with Crippen LogP contribution in [0.3, 0.4) is 0 Å². The predicted molar refractivity (Wildman–Crippen MR) is 90.4 cm³/mol. The fourth-order valence-electron chi connectivity index (χ4n) is 2.78. The Bertz CT molecular complexity index is 357. The van der Waals surface area contributed by atoms with Gasteiger partial charge in [-0.3, -0.25) is 0 Å². The summed E-state index contributed by atoms with van der Waals surface area (Å²) in [5.41, 5.74) is 2.99. The number of benzene rings is 1. The van der Waals surface area contributed by atoms with Crippen LogP contribution < -0.4 is 5.32 Å². The Labute approximate surface area is 126 Å². The van der Waals surface area contributed by atoms with E-state index >= 15 is 0 Å². The van der Waals surface area contributed by atoms with Gasteiger partial charge in [-0.1, -0.05) is 70.7 Å². The second-order valence-electron chi connectivity index (χ2n) is 6.45. The highest BCUT2D eigenvalue weighted by Crippen LogP contribution is 2.25. The van der Waals surface area contributed by atoms with E-state index in [1.807, 2.05) is 0 Å². The van der Waals surface area contributed by atoms with Crippen LogP contribution in [0.15, 0.2) is 24.3 Å². The molecule has 1 unspecified atom stereocenters.